The number of anilines is 2. The number of carbonyl (C=O) groups is 1. The normalized spacial score (nSPS) is 14.5. The molecule has 0 bridgehead atoms. The molecule has 1 aliphatic heterocycles. The molecule has 1 saturated heterocycles. The van der Waals surface area contributed by atoms with Crippen LogP contribution in [0.3, 0.4) is 0 Å². The Labute approximate surface area is 189 Å². The molecular weight excluding hydrogens is 435 g/mol. The number of amides is 1. The largest absolute Gasteiger partial charge is 0.371 e. The number of hydrogen-bond acceptors (Lipinski definition) is 4. The van der Waals surface area contributed by atoms with Gasteiger partial charge < -0.3 is 4.90 Å². The molecule has 0 saturated carbocycles. The molecule has 1 aromatic heterocycles. The number of thiazole rings is 1. The highest BCUT2D eigenvalue weighted by atomic mass is 32.1. The summed E-state index contributed by atoms with van der Waals surface area (Å²) < 4.78 is 42.6. The van der Waals surface area contributed by atoms with Crippen molar-refractivity contribution in [2.75, 3.05) is 23.3 Å². The number of rotatable bonds is 5. The SMILES string of the molecule is CC(C)(c1ccc(F)cc1)c1csc(NC(=O)c2c(F)cc(N3CCCCC3)cc2F)n1. The van der Waals surface area contributed by atoms with E-state index in [-0.39, 0.29) is 10.9 Å². The standard InChI is InChI=1S/C24H24F3N3OS/c1-24(2,15-6-8-16(25)9-7-15)20-14-32-23(28-20)29-22(31)21-18(26)12-17(13-19(21)27)30-10-4-3-5-11-30/h6-9,12-14H,3-5,10-11H2,1-2H3,(H,28,29,31). The first-order chi connectivity index (χ1) is 15.3. The maximum absolute atomic E-state index is 14.7. The van der Waals surface area contributed by atoms with Crippen LogP contribution in [0.2, 0.25) is 0 Å². The lowest BCUT2D eigenvalue weighted by Crippen LogP contribution is -2.30. The van der Waals surface area contributed by atoms with Crippen LogP contribution in [0.25, 0.3) is 0 Å². The van der Waals surface area contributed by atoms with Crippen LogP contribution >= 0.6 is 11.3 Å². The first-order valence-corrected chi connectivity index (χ1v) is 11.4. The van der Waals surface area contributed by atoms with Crippen LogP contribution in [-0.4, -0.2) is 24.0 Å². The lowest BCUT2D eigenvalue weighted by molar-refractivity contribution is 0.101. The summed E-state index contributed by atoms with van der Waals surface area (Å²) >= 11 is 1.16. The van der Waals surface area contributed by atoms with Gasteiger partial charge in [0.2, 0.25) is 0 Å². The van der Waals surface area contributed by atoms with Gasteiger partial charge >= 0.3 is 0 Å². The van der Waals surface area contributed by atoms with Crippen molar-refractivity contribution in [2.24, 2.45) is 0 Å². The number of piperidine rings is 1. The van der Waals surface area contributed by atoms with Gasteiger partial charge in [-0.2, -0.15) is 0 Å². The molecule has 1 aliphatic rings. The van der Waals surface area contributed by atoms with Gasteiger partial charge in [-0.15, -0.1) is 11.3 Å². The van der Waals surface area contributed by atoms with Crippen LogP contribution in [0.4, 0.5) is 24.0 Å². The predicted octanol–water partition coefficient (Wildman–Crippen LogP) is 6.13. The number of benzene rings is 2. The van der Waals surface area contributed by atoms with Crippen molar-refractivity contribution < 1.29 is 18.0 Å². The molecule has 1 N–H and O–H groups in total. The smallest absolute Gasteiger partial charge is 0.263 e. The molecular formula is C24H24F3N3OS. The summed E-state index contributed by atoms with van der Waals surface area (Å²) in [5.74, 6) is -3.00. The maximum Gasteiger partial charge on any atom is 0.263 e. The van der Waals surface area contributed by atoms with E-state index in [1.54, 1.807) is 17.5 Å². The Morgan fingerprint density at radius 1 is 1.03 bits per heavy atom. The van der Waals surface area contributed by atoms with Crippen molar-refractivity contribution >= 4 is 28.1 Å². The highest BCUT2D eigenvalue weighted by molar-refractivity contribution is 7.14. The van der Waals surface area contributed by atoms with E-state index in [2.05, 4.69) is 10.3 Å². The number of halogens is 3. The molecule has 1 fully saturated rings. The van der Waals surface area contributed by atoms with E-state index in [1.807, 2.05) is 18.7 Å². The second kappa shape index (κ2) is 8.94. The zero-order chi connectivity index (χ0) is 22.9. The molecule has 8 heteroatoms. The summed E-state index contributed by atoms with van der Waals surface area (Å²) in [6.07, 6.45) is 3.06. The van der Waals surface area contributed by atoms with Gasteiger partial charge in [-0.25, -0.2) is 18.2 Å². The third-order valence-electron chi connectivity index (χ3n) is 5.91. The van der Waals surface area contributed by atoms with Crippen LogP contribution in [0, 0.1) is 17.5 Å². The molecule has 2 heterocycles. The number of aromatic nitrogens is 1. The van der Waals surface area contributed by atoms with Crippen molar-refractivity contribution in [3.05, 3.63) is 76.1 Å². The zero-order valence-corrected chi connectivity index (χ0v) is 18.7. The van der Waals surface area contributed by atoms with Crippen LogP contribution in [0.5, 0.6) is 0 Å². The van der Waals surface area contributed by atoms with E-state index < -0.39 is 28.5 Å². The fourth-order valence-corrected chi connectivity index (χ4v) is 4.78. The first kappa shape index (κ1) is 22.3. The molecule has 4 nitrogen and oxygen atoms in total. The number of carbonyl (C=O) groups excluding carboxylic acids is 1. The van der Waals surface area contributed by atoms with E-state index in [0.29, 0.717) is 11.4 Å². The highest BCUT2D eigenvalue weighted by Crippen LogP contribution is 2.34. The van der Waals surface area contributed by atoms with Gasteiger partial charge in [0, 0.05) is 29.6 Å². The van der Waals surface area contributed by atoms with Crippen LogP contribution in [-0.2, 0) is 5.41 Å². The lowest BCUT2D eigenvalue weighted by atomic mass is 9.82. The van der Waals surface area contributed by atoms with Crippen molar-refractivity contribution in [1.29, 1.82) is 0 Å². The number of nitrogens with one attached hydrogen (secondary N) is 1. The number of hydrogen-bond donors (Lipinski definition) is 1. The van der Waals surface area contributed by atoms with Crippen molar-refractivity contribution in [3.63, 3.8) is 0 Å². The van der Waals surface area contributed by atoms with Crippen molar-refractivity contribution in [1.82, 2.24) is 4.98 Å². The highest BCUT2D eigenvalue weighted by Gasteiger charge is 2.27. The van der Waals surface area contributed by atoms with Gasteiger partial charge in [0.05, 0.1) is 5.69 Å². The molecule has 0 aliphatic carbocycles. The van der Waals surface area contributed by atoms with E-state index in [1.165, 1.54) is 24.3 Å². The minimum atomic E-state index is -0.897. The average molecular weight is 460 g/mol. The molecule has 168 valence electrons. The molecule has 0 radical (unpaired) electrons. The predicted molar refractivity (Wildman–Crippen MR) is 121 cm³/mol. The maximum atomic E-state index is 14.7. The van der Waals surface area contributed by atoms with Crippen molar-refractivity contribution in [2.45, 2.75) is 38.5 Å². The molecule has 0 atom stereocenters. The zero-order valence-electron chi connectivity index (χ0n) is 17.9. The van der Waals surface area contributed by atoms with Gasteiger partial charge in [-0.05, 0) is 49.1 Å². The van der Waals surface area contributed by atoms with E-state index in [4.69, 9.17) is 0 Å². The van der Waals surface area contributed by atoms with Crippen LogP contribution in [0.15, 0.2) is 41.8 Å². The fraction of sp³-hybridized carbons (Fsp3) is 0.333. The lowest BCUT2D eigenvalue weighted by Gasteiger charge is -2.29. The fourth-order valence-electron chi connectivity index (χ4n) is 3.90. The molecule has 2 aromatic carbocycles. The van der Waals surface area contributed by atoms with Gasteiger partial charge in [0.25, 0.3) is 5.91 Å². The second-order valence-electron chi connectivity index (χ2n) is 8.46. The summed E-state index contributed by atoms with van der Waals surface area (Å²) in [5.41, 5.74) is 0.798. The Bertz CT molecular complexity index is 1100. The van der Waals surface area contributed by atoms with Gasteiger partial charge in [0.15, 0.2) is 5.13 Å². The molecule has 0 unspecified atom stereocenters. The van der Waals surface area contributed by atoms with E-state index >= 15 is 0 Å². The van der Waals surface area contributed by atoms with Gasteiger partial charge in [0.1, 0.15) is 23.0 Å². The monoisotopic (exact) mass is 459 g/mol. The topological polar surface area (TPSA) is 45.2 Å². The Morgan fingerprint density at radius 3 is 2.28 bits per heavy atom. The minimum Gasteiger partial charge on any atom is -0.371 e. The number of nitrogens with zero attached hydrogens (tertiary/aromatic N) is 2. The summed E-state index contributed by atoms with van der Waals surface area (Å²) in [7, 11) is 0. The van der Waals surface area contributed by atoms with Crippen LogP contribution in [0.1, 0.15) is 54.7 Å². The third-order valence-corrected chi connectivity index (χ3v) is 6.66. The Kier molecular flexibility index (Phi) is 6.24. The summed E-state index contributed by atoms with van der Waals surface area (Å²) in [5, 5.41) is 4.51. The quantitative estimate of drug-likeness (QED) is 0.499. The molecule has 0 spiro atoms. The Balaban J connectivity index is 1.52. The Morgan fingerprint density at radius 2 is 1.66 bits per heavy atom. The van der Waals surface area contributed by atoms with Gasteiger partial charge in [-0.1, -0.05) is 26.0 Å². The average Bonchev–Trinajstić information content (AvgIpc) is 3.23. The minimum absolute atomic E-state index is 0.235. The second-order valence-corrected chi connectivity index (χ2v) is 9.31. The van der Waals surface area contributed by atoms with Crippen LogP contribution < -0.4 is 10.2 Å². The van der Waals surface area contributed by atoms with Gasteiger partial charge in [-0.3, -0.25) is 10.1 Å². The summed E-state index contributed by atoms with van der Waals surface area (Å²) in [4.78, 5) is 19.0. The molecule has 3 aromatic rings. The third kappa shape index (κ3) is 4.50. The summed E-state index contributed by atoms with van der Waals surface area (Å²) in [6.45, 7) is 5.35. The molecule has 32 heavy (non-hydrogen) atoms. The first-order valence-electron chi connectivity index (χ1n) is 10.5. The Hall–Kier alpha value is -2.87. The summed E-state index contributed by atoms with van der Waals surface area (Å²) in [6, 6.07) is 8.56. The van der Waals surface area contributed by atoms with E-state index in [0.717, 1.165) is 49.3 Å². The molecule has 1 amide bonds. The van der Waals surface area contributed by atoms with E-state index in [9.17, 15) is 18.0 Å². The molecule has 4 rings (SSSR count). The van der Waals surface area contributed by atoms with Crippen molar-refractivity contribution in [3.8, 4) is 0 Å².